The molecule has 7 nitrogen and oxygen atoms in total. The van der Waals surface area contributed by atoms with Gasteiger partial charge in [-0.3, -0.25) is 9.78 Å². The minimum Gasteiger partial charge on any atom is -0.271 e. The molecule has 1 aromatic carbocycles. The predicted molar refractivity (Wildman–Crippen MR) is 82.1 cm³/mol. The van der Waals surface area contributed by atoms with Gasteiger partial charge in [-0.05, 0) is 31.2 Å². The van der Waals surface area contributed by atoms with Crippen LogP contribution in [-0.4, -0.2) is 31.6 Å². The Morgan fingerprint density at radius 2 is 2.05 bits per heavy atom. The van der Waals surface area contributed by atoms with Crippen LogP contribution in [0.5, 0.6) is 0 Å². The molecule has 110 valence electrons. The average molecular weight is 294 g/mol. The van der Waals surface area contributed by atoms with Crippen molar-refractivity contribution >= 4 is 22.7 Å². The lowest BCUT2D eigenvalue weighted by Gasteiger charge is -2.03. The molecule has 1 amide bonds. The molecule has 2 heterocycles. The number of nitrogens with zero attached hydrogens (tertiary/aromatic N) is 5. The molecule has 0 fully saturated rings. The Labute approximate surface area is 126 Å². The number of carbonyl (C=O) groups is 1. The fourth-order valence-corrected chi connectivity index (χ4v) is 1.99. The lowest BCUT2D eigenvalue weighted by atomic mass is 10.3. The zero-order valence-corrected chi connectivity index (χ0v) is 12.0. The summed E-state index contributed by atoms with van der Waals surface area (Å²) in [6.07, 6.45) is 1.68. The summed E-state index contributed by atoms with van der Waals surface area (Å²) in [5, 5.41) is 12.0. The van der Waals surface area contributed by atoms with Crippen molar-refractivity contribution in [3.05, 3.63) is 54.4 Å². The zero-order chi connectivity index (χ0) is 15.4. The predicted octanol–water partition coefficient (Wildman–Crippen LogP) is 1.37. The summed E-state index contributed by atoms with van der Waals surface area (Å²) in [7, 11) is 0. The first kappa shape index (κ1) is 13.9. The highest BCUT2D eigenvalue weighted by molar-refractivity contribution is 5.97. The van der Waals surface area contributed by atoms with E-state index in [9.17, 15) is 4.79 Å². The van der Waals surface area contributed by atoms with E-state index in [4.69, 9.17) is 0 Å². The summed E-state index contributed by atoms with van der Waals surface area (Å²) in [4.78, 5) is 16.1. The van der Waals surface area contributed by atoms with E-state index in [1.807, 2.05) is 42.5 Å². The summed E-state index contributed by atoms with van der Waals surface area (Å²) in [5.41, 5.74) is 5.42. The molecule has 3 rings (SSSR count). The number of hydrogen-bond acceptors (Lipinski definition) is 5. The lowest BCUT2D eigenvalue weighted by Crippen LogP contribution is -2.25. The minimum atomic E-state index is -0.272. The van der Waals surface area contributed by atoms with Gasteiger partial charge in [-0.2, -0.15) is 5.10 Å². The molecule has 1 N–H and O–H groups in total. The quantitative estimate of drug-likeness (QED) is 0.581. The van der Waals surface area contributed by atoms with Crippen LogP contribution in [0.15, 0.2) is 53.8 Å². The van der Waals surface area contributed by atoms with E-state index in [0.29, 0.717) is 11.4 Å². The number of hydrogen-bond donors (Lipinski definition) is 1. The van der Waals surface area contributed by atoms with Crippen LogP contribution < -0.4 is 5.43 Å². The van der Waals surface area contributed by atoms with Gasteiger partial charge in [-0.1, -0.05) is 23.4 Å². The maximum absolute atomic E-state index is 12.0. The zero-order valence-electron chi connectivity index (χ0n) is 12.0. The van der Waals surface area contributed by atoms with Crippen LogP contribution in [-0.2, 0) is 11.3 Å². The highest BCUT2D eigenvalue weighted by Crippen LogP contribution is 2.09. The van der Waals surface area contributed by atoms with Crippen molar-refractivity contribution in [2.24, 2.45) is 5.10 Å². The summed E-state index contributed by atoms with van der Waals surface area (Å²) in [6, 6.07) is 13.0. The van der Waals surface area contributed by atoms with E-state index >= 15 is 0 Å². The smallest absolute Gasteiger partial charge is 0.261 e. The van der Waals surface area contributed by atoms with Gasteiger partial charge in [0.25, 0.3) is 5.91 Å². The van der Waals surface area contributed by atoms with Gasteiger partial charge in [0, 0.05) is 6.20 Å². The van der Waals surface area contributed by atoms with Crippen molar-refractivity contribution in [2.45, 2.75) is 13.5 Å². The molecule has 0 aliphatic heterocycles. The number of carbonyl (C=O) groups excluding carboxylic acids is 1. The normalized spacial score (nSPS) is 11.6. The number of fused-ring (bicyclic) bond motifs is 1. The molecule has 7 heteroatoms. The number of aromatic nitrogens is 4. The third kappa shape index (κ3) is 2.98. The highest BCUT2D eigenvalue weighted by Gasteiger charge is 2.08. The number of hydrazone groups is 1. The fraction of sp³-hybridized carbons (Fsp3) is 0.133. The standard InChI is InChI=1S/C15H14N6O/c1-11(12-6-4-5-9-16-12)17-19-15(22)10-21-14-8-3-2-7-13(14)18-20-21/h2-9H,10H2,1H3,(H,19,22)/b17-11+. The van der Waals surface area contributed by atoms with Crippen molar-refractivity contribution in [1.29, 1.82) is 0 Å². The van der Waals surface area contributed by atoms with Gasteiger partial charge in [0.15, 0.2) is 0 Å². The van der Waals surface area contributed by atoms with Crippen molar-refractivity contribution in [1.82, 2.24) is 25.4 Å². The number of benzene rings is 1. The van der Waals surface area contributed by atoms with Crippen LogP contribution in [0.3, 0.4) is 0 Å². The van der Waals surface area contributed by atoms with Crippen molar-refractivity contribution in [3.8, 4) is 0 Å². The summed E-state index contributed by atoms with van der Waals surface area (Å²) in [6.45, 7) is 1.84. The molecule has 0 unspecified atom stereocenters. The van der Waals surface area contributed by atoms with Crippen molar-refractivity contribution in [2.75, 3.05) is 0 Å². The molecule has 22 heavy (non-hydrogen) atoms. The molecule has 3 aromatic rings. The van der Waals surface area contributed by atoms with Crippen LogP contribution in [0.25, 0.3) is 11.0 Å². The molecular weight excluding hydrogens is 280 g/mol. The second-order valence-electron chi connectivity index (χ2n) is 4.68. The summed E-state index contributed by atoms with van der Waals surface area (Å²) in [5.74, 6) is -0.272. The average Bonchev–Trinajstić information content (AvgIpc) is 2.97. The van der Waals surface area contributed by atoms with E-state index in [2.05, 4.69) is 25.8 Å². The molecule has 0 atom stereocenters. The molecule has 0 radical (unpaired) electrons. The third-order valence-corrected chi connectivity index (χ3v) is 3.10. The minimum absolute atomic E-state index is 0.0551. The third-order valence-electron chi connectivity index (χ3n) is 3.10. The Bertz CT molecular complexity index is 824. The first-order valence-corrected chi connectivity index (χ1v) is 6.77. The second-order valence-corrected chi connectivity index (χ2v) is 4.68. The first-order valence-electron chi connectivity index (χ1n) is 6.77. The molecule has 0 saturated carbocycles. The Hall–Kier alpha value is -3.09. The SMILES string of the molecule is C/C(=N\NC(=O)Cn1nnc2ccccc21)c1ccccn1. The van der Waals surface area contributed by atoms with Gasteiger partial charge in [0.05, 0.1) is 16.9 Å². The molecule has 0 bridgehead atoms. The number of pyridine rings is 1. The summed E-state index contributed by atoms with van der Waals surface area (Å²) >= 11 is 0. The Kier molecular flexibility index (Phi) is 3.86. The van der Waals surface area contributed by atoms with Crippen LogP contribution in [0, 0.1) is 0 Å². The Balaban J connectivity index is 1.68. The maximum Gasteiger partial charge on any atom is 0.261 e. The van der Waals surface area contributed by atoms with E-state index in [1.54, 1.807) is 13.1 Å². The number of amides is 1. The molecule has 0 saturated heterocycles. The lowest BCUT2D eigenvalue weighted by molar-refractivity contribution is -0.121. The fourth-order valence-electron chi connectivity index (χ4n) is 1.99. The van der Waals surface area contributed by atoms with Gasteiger partial charge < -0.3 is 0 Å². The molecule has 0 spiro atoms. The van der Waals surface area contributed by atoms with Crippen LogP contribution in [0.2, 0.25) is 0 Å². The maximum atomic E-state index is 12.0. The monoisotopic (exact) mass is 294 g/mol. The van der Waals surface area contributed by atoms with E-state index in [0.717, 1.165) is 11.0 Å². The second kappa shape index (κ2) is 6.13. The molecule has 0 aliphatic carbocycles. The largest absolute Gasteiger partial charge is 0.271 e. The number of nitrogens with one attached hydrogen (secondary N) is 1. The van der Waals surface area contributed by atoms with Crippen molar-refractivity contribution < 1.29 is 4.79 Å². The number of rotatable bonds is 4. The molecule has 2 aromatic heterocycles. The Morgan fingerprint density at radius 1 is 1.23 bits per heavy atom. The highest BCUT2D eigenvalue weighted by atomic mass is 16.2. The van der Waals surface area contributed by atoms with Gasteiger partial charge >= 0.3 is 0 Å². The van der Waals surface area contributed by atoms with Crippen molar-refractivity contribution in [3.63, 3.8) is 0 Å². The van der Waals surface area contributed by atoms with Gasteiger partial charge in [0.1, 0.15) is 12.1 Å². The van der Waals surface area contributed by atoms with Gasteiger partial charge in [0.2, 0.25) is 0 Å². The first-order chi connectivity index (χ1) is 10.7. The Morgan fingerprint density at radius 3 is 2.86 bits per heavy atom. The number of para-hydroxylation sites is 1. The van der Waals surface area contributed by atoms with Gasteiger partial charge in [-0.15, -0.1) is 5.10 Å². The van der Waals surface area contributed by atoms with Gasteiger partial charge in [-0.25, -0.2) is 10.1 Å². The van der Waals surface area contributed by atoms with E-state index in [1.165, 1.54) is 4.68 Å². The topological polar surface area (TPSA) is 85.1 Å². The molecule has 0 aliphatic rings. The van der Waals surface area contributed by atoms with E-state index in [-0.39, 0.29) is 12.5 Å². The molecular formula is C15H14N6O. The van der Waals surface area contributed by atoms with Crippen LogP contribution >= 0.6 is 0 Å². The van der Waals surface area contributed by atoms with Crippen LogP contribution in [0.4, 0.5) is 0 Å². The van der Waals surface area contributed by atoms with Crippen LogP contribution in [0.1, 0.15) is 12.6 Å². The van der Waals surface area contributed by atoms with E-state index < -0.39 is 0 Å². The summed E-state index contributed by atoms with van der Waals surface area (Å²) < 4.78 is 1.54.